The first-order chi connectivity index (χ1) is 43.6. The molecule has 10 fully saturated rings. The molecule has 31 heteroatoms. The lowest BCUT2D eigenvalue weighted by molar-refractivity contribution is -0.377. The molecule has 534 valence electrons. The average molecular weight is 1340 g/mol. The number of ether oxygens (including phenoxy) is 12. The maximum atomic E-state index is 15.7. The molecule has 0 spiro atoms. The summed E-state index contributed by atoms with van der Waals surface area (Å²) in [5.41, 5.74) is -6.41. The minimum absolute atomic E-state index is 0.108. The maximum absolute atomic E-state index is 15.7. The van der Waals surface area contributed by atoms with Gasteiger partial charge in [0.2, 0.25) is 6.29 Å². The number of rotatable bonds is 15. The van der Waals surface area contributed by atoms with Gasteiger partial charge in [-0.3, -0.25) is 4.79 Å². The van der Waals surface area contributed by atoms with Gasteiger partial charge in [-0.05, 0) is 91.8 Å². The number of carbonyl (C=O) groups is 1. The van der Waals surface area contributed by atoms with Gasteiger partial charge in [0.15, 0.2) is 37.6 Å². The lowest BCUT2D eigenvalue weighted by Gasteiger charge is -2.72. The monoisotopic (exact) mass is 1340 g/mol. The zero-order valence-electron chi connectivity index (χ0n) is 53.4. The molecule has 0 aromatic heterocycles. The van der Waals surface area contributed by atoms with Gasteiger partial charge in [-0.2, -0.15) is 0 Å². The number of fused-ring (bicyclic) bond motifs is 7. The van der Waals surface area contributed by atoms with E-state index in [1.54, 1.807) is 6.92 Å². The molecule has 0 aromatic rings. The summed E-state index contributed by atoms with van der Waals surface area (Å²) in [6, 6.07) is 0. The summed E-state index contributed by atoms with van der Waals surface area (Å²) >= 11 is 0. The minimum Gasteiger partial charge on any atom is -0.432 e. The molecule has 11 rings (SSSR count). The Kier molecular flexibility index (Phi) is 20.6. The Morgan fingerprint density at radius 2 is 1.16 bits per heavy atom. The molecule has 0 aromatic carbocycles. The Bertz CT molecular complexity index is 2640. The lowest BCUT2D eigenvalue weighted by atomic mass is 9.33. The van der Waals surface area contributed by atoms with Crippen molar-refractivity contribution in [3.63, 3.8) is 0 Å². The number of allylic oxidation sites excluding steroid dienone is 2. The van der Waals surface area contributed by atoms with Crippen LogP contribution in [0.25, 0.3) is 0 Å². The largest absolute Gasteiger partial charge is 0.432 e. The molecule has 5 aliphatic carbocycles. The van der Waals surface area contributed by atoms with Crippen molar-refractivity contribution in [3.8, 4) is 0 Å². The summed E-state index contributed by atoms with van der Waals surface area (Å²) in [6.07, 6.45) is -39.3. The van der Waals surface area contributed by atoms with E-state index in [-0.39, 0.29) is 30.6 Å². The van der Waals surface area contributed by atoms with Crippen LogP contribution >= 0.6 is 0 Å². The molecular formula is C62H100O31. The second-order valence-electron chi connectivity index (χ2n) is 30.4. The van der Waals surface area contributed by atoms with Gasteiger partial charge < -0.3 is 149 Å². The van der Waals surface area contributed by atoms with Crippen molar-refractivity contribution < 1.29 is 154 Å². The maximum Gasteiger partial charge on any atom is 0.315 e. The van der Waals surface area contributed by atoms with E-state index in [2.05, 4.69) is 33.8 Å². The number of hydrogen-bond donors (Lipinski definition) is 18. The van der Waals surface area contributed by atoms with Gasteiger partial charge in [0.25, 0.3) is 0 Å². The molecule has 4 saturated carbocycles. The van der Waals surface area contributed by atoms with Crippen molar-refractivity contribution in [1.82, 2.24) is 0 Å². The number of aliphatic hydroxyl groups is 18. The first-order valence-electron chi connectivity index (χ1n) is 32.6. The van der Waals surface area contributed by atoms with Crippen LogP contribution in [-0.2, 0) is 61.6 Å². The third kappa shape index (κ3) is 12.1. The molecule has 0 bridgehead atoms. The highest BCUT2D eigenvalue weighted by molar-refractivity contribution is 5.79. The summed E-state index contributed by atoms with van der Waals surface area (Å²) < 4.78 is 71.1. The smallest absolute Gasteiger partial charge is 0.315 e. The number of esters is 1. The van der Waals surface area contributed by atoms with Crippen LogP contribution in [0, 0.1) is 50.2 Å². The SMILES string of the molecule is CC1OC(OC2C(O)CC3(C)C(C(O)CC4(C)C3CC=C3C5CC(C)(C)CCC5(C(=O)OC5OC(CO)C(O)C(O)C5OC5OCC(OC6OCC(OC7OCC(O)C(O)C7O)C(O)C6O)C(OC6OCC(O)(CO)C6O)C5O)CCC34C)C2(C)CO)C(O)C(O)C1O. The molecule has 6 saturated heterocycles. The predicted octanol–water partition coefficient (Wildman–Crippen LogP) is -5.89. The van der Waals surface area contributed by atoms with Gasteiger partial charge in [0.05, 0.1) is 76.1 Å². The van der Waals surface area contributed by atoms with E-state index in [4.69, 9.17) is 56.8 Å². The highest BCUT2D eigenvalue weighted by Gasteiger charge is 2.74. The van der Waals surface area contributed by atoms with Crippen molar-refractivity contribution in [3.05, 3.63) is 11.6 Å². The highest BCUT2D eigenvalue weighted by atomic mass is 16.8. The first kappa shape index (κ1) is 72.3. The lowest BCUT2D eigenvalue weighted by Crippen LogP contribution is -2.72. The van der Waals surface area contributed by atoms with Gasteiger partial charge in [-0.25, -0.2) is 0 Å². The fourth-order valence-electron chi connectivity index (χ4n) is 18.6. The van der Waals surface area contributed by atoms with Crippen LogP contribution in [0.3, 0.4) is 0 Å². The van der Waals surface area contributed by atoms with E-state index in [1.807, 2.05) is 6.92 Å². The Morgan fingerprint density at radius 3 is 1.82 bits per heavy atom. The summed E-state index contributed by atoms with van der Waals surface area (Å²) in [6.45, 7) is 9.15. The van der Waals surface area contributed by atoms with Crippen LogP contribution in [0.4, 0.5) is 0 Å². The minimum atomic E-state index is -2.24. The van der Waals surface area contributed by atoms with E-state index in [1.165, 1.54) is 6.92 Å². The molecule has 6 aliphatic heterocycles. The zero-order chi connectivity index (χ0) is 67.8. The number of carbonyl (C=O) groups excluding carboxylic acids is 1. The quantitative estimate of drug-likeness (QED) is 0.0412. The number of aliphatic hydroxyl groups excluding tert-OH is 17. The van der Waals surface area contributed by atoms with Crippen LogP contribution in [-0.4, -0.2) is 316 Å². The standard InChI is InChI=1S/C62H100O31/c1-24-34(69)38(73)42(77)52(86-24)92-48-28(67)15-57(4)33-9-8-25-26-14-56(2,3)10-12-61(26,13-11-59(25,6)60(33,7)16-27(66)46(57)58(48,5)21-64)55(80)93-53-45(39(74)36(71)30(17-63)87-53)91-51-43(78)44(90-54-47(79)62(81,22-65)23-85-54)32(20-84-51)89-50-41(76)37(72)31(19-83-50)88-49-40(75)35(70)29(68)18-82-49/h8,24,26-54,63-79,81H,9-23H2,1-7H3. The Morgan fingerprint density at radius 1 is 0.548 bits per heavy atom. The van der Waals surface area contributed by atoms with E-state index in [0.717, 1.165) is 5.57 Å². The summed E-state index contributed by atoms with van der Waals surface area (Å²) in [5.74, 6) is -2.14. The predicted molar refractivity (Wildman–Crippen MR) is 307 cm³/mol. The van der Waals surface area contributed by atoms with Crippen LogP contribution in [0.5, 0.6) is 0 Å². The molecule has 0 amide bonds. The summed E-state index contributed by atoms with van der Waals surface area (Å²) in [4.78, 5) is 15.7. The molecule has 93 heavy (non-hydrogen) atoms. The molecule has 0 radical (unpaired) electrons. The Balaban J connectivity index is 0.837. The molecule has 11 aliphatic rings. The molecule has 18 N–H and O–H groups in total. The van der Waals surface area contributed by atoms with Gasteiger partial charge in [0.1, 0.15) is 103 Å². The molecule has 31 nitrogen and oxygen atoms in total. The second-order valence-corrected chi connectivity index (χ2v) is 30.4. The van der Waals surface area contributed by atoms with Crippen molar-refractivity contribution in [1.29, 1.82) is 0 Å². The molecular weight excluding hydrogens is 1240 g/mol. The third-order valence-corrected chi connectivity index (χ3v) is 24.2. The van der Waals surface area contributed by atoms with Crippen LogP contribution < -0.4 is 0 Å². The van der Waals surface area contributed by atoms with Gasteiger partial charge in [-0.15, -0.1) is 0 Å². The van der Waals surface area contributed by atoms with Crippen molar-refractivity contribution in [2.24, 2.45) is 50.2 Å². The third-order valence-electron chi connectivity index (χ3n) is 24.2. The van der Waals surface area contributed by atoms with E-state index in [9.17, 15) is 91.9 Å². The van der Waals surface area contributed by atoms with E-state index < -0.39 is 263 Å². The average Bonchev–Trinajstić information content (AvgIpc) is 0.950. The van der Waals surface area contributed by atoms with Gasteiger partial charge >= 0.3 is 5.97 Å². The second kappa shape index (κ2) is 26.5. The first-order valence-corrected chi connectivity index (χ1v) is 32.6. The summed E-state index contributed by atoms with van der Waals surface area (Å²) in [7, 11) is 0. The number of hydrogen-bond acceptors (Lipinski definition) is 31. The van der Waals surface area contributed by atoms with Crippen LogP contribution in [0.2, 0.25) is 0 Å². The Hall–Kier alpha value is -1.95. The van der Waals surface area contributed by atoms with E-state index >= 15 is 4.79 Å². The van der Waals surface area contributed by atoms with E-state index in [0.29, 0.717) is 32.1 Å². The van der Waals surface area contributed by atoms with Crippen molar-refractivity contribution in [2.45, 2.75) is 271 Å². The topological polar surface area (TPSA) is 492 Å². The normalized spacial score (nSPS) is 55.6. The van der Waals surface area contributed by atoms with Crippen LogP contribution in [0.15, 0.2) is 11.6 Å². The fourth-order valence-corrected chi connectivity index (χ4v) is 18.6. The molecule has 36 atom stereocenters. The van der Waals surface area contributed by atoms with Gasteiger partial charge in [-0.1, -0.05) is 53.2 Å². The Labute approximate surface area is 537 Å². The molecule has 36 unspecified atom stereocenters. The van der Waals surface area contributed by atoms with Gasteiger partial charge in [0, 0.05) is 11.3 Å². The fraction of sp³-hybridized carbons (Fsp3) is 0.952. The molecule has 6 heterocycles. The van der Waals surface area contributed by atoms with Crippen molar-refractivity contribution >= 4 is 5.97 Å². The van der Waals surface area contributed by atoms with Crippen molar-refractivity contribution in [2.75, 3.05) is 46.2 Å². The zero-order valence-corrected chi connectivity index (χ0v) is 53.4. The highest BCUT2D eigenvalue weighted by Crippen LogP contribution is 2.76. The summed E-state index contributed by atoms with van der Waals surface area (Å²) in [5, 5.41) is 199. The van der Waals surface area contributed by atoms with Crippen LogP contribution in [0.1, 0.15) is 99.8 Å².